The van der Waals surface area contributed by atoms with Crippen molar-refractivity contribution in [2.24, 2.45) is 5.73 Å². The standard InChI is InChI=1S/C9H12BrN3O2/c10-6-5-13(12-8(6)9(11)14)7-3-1-2-4-15-7/h5,7H,1-4H2,(H2,11,14). The molecule has 0 spiro atoms. The summed E-state index contributed by atoms with van der Waals surface area (Å²) in [6, 6.07) is 0. The Morgan fingerprint density at radius 2 is 2.47 bits per heavy atom. The van der Waals surface area contributed by atoms with E-state index < -0.39 is 5.91 Å². The van der Waals surface area contributed by atoms with Crippen molar-refractivity contribution in [2.45, 2.75) is 25.5 Å². The SMILES string of the molecule is NC(=O)c1nn(C2CCCCO2)cc1Br. The van der Waals surface area contributed by atoms with Crippen molar-refractivity contribution in [3.8, 4) is 0 Å². The molecule has 2 N–H and O–H groups in total. The van der Waals surface area contributed by atoms with Crippen LogP contribution in [0.25, 0.3) is 0 Å². The number of hydrogen-bond donors (Lipinski definition) is 1. The molecule has 1 fully saturated rings. The van der Waals surface area contributed by atoms with Gasteiger partial charge in [-0.15, -0.1) is 0 Å². The predicted molar refractivity (Wildman–Crippen MR) is 57.3 cm³/mol. The molecule has 1 aliphatic heterocycles. The van der Waals surface area contributed by atoms with Gasteiger partial charge in [0.2, 0.25) is 0 Å². The fraction of sp³-hybridized carbons (Fsp3) is 0.556. The summed E-state index contributed by atoms with van der Waals surface area (Å²) in [5, 5.41) is 4.10. The van der Waals surface area contributed by atoms with E-state index in [1.807, 2.05) is 0 Å². The zero-order chi connectivity index (χ0) is 10.8. The quantitative estimate of drug-likeness (QED) is 0.887. The van der Waals surface area contributed by atoms with Crippen LogP contribution in [0, 0.1) is 0 Å². The van der Waals surface area contributed by atoms with Crippen molar-refractivity contribution in [3.63, 3.8) is 0 Å². The maximum atomic E-state index is 11.0. The van der Waals surface area contributed by atoms with Crippen LogP contribution in [0.5, 0.6) is 0 Å². The average Bonchev–Trinajstić information content (AvgIpc) is 2.62. The Kier molecular flexibility index (Phi) is 3.06. The van der Waals surface area contributed by atoms with Crippen LogP contribution in [-0.4, -0.2) is 22.3 Å². The molecule has 1 aliphatic rings. The molecular formula is C9H12BrN3O2. The number of ether oxygens (including phenoxy) is 1. The zero-order valence-corrected chi connectivity index (χ0v) is 9.74. The van der Waals surface area contributed by atoms with Crippen LogP contribution in [0.1, 0.15) is 36.0 Å². The van der Waals surface area contributed by atoms with E-state index in [9.17, 15) is 4.79 Å². The maximum absolute atomic E-state index is 11.0. The summed E-state index contributed by atoms with van der Waals surface area (Å²) < 4.78 is 7.81. The number of nitrogens with zero attached hydrogens (tertiary/aromatic N) is 2. The molecule has 0 bridgehead atoms. The minimum absolute atomic E-state index is 0.0665. The summed E-state index contributed by atoms with van der Waals surface area (Å²) in [5.41, 5.74) is 5.43. The lowest BCUT2D eigenvalue weighted by Gasteiger charge is -2.22. The third-order valence-corrected chi connectivity index (χ3v) is 2.95. The molecule has 1 unspecified atom stereocenters. The van der Waals surface area contributed by atoms with Crippen LogP contribution in [0.4, 0.5) is 0 Å². The number of carbonyl (C=O) groups is 1. The van der Waals surface area contributed by atoms with Gasteiger partial charge in [0.05, 0.1) is 4.47 Å². The van der Waals surface area contributed by atoms with Crippen molar-refractivity contribution in [1.82, 2.24) is 9.78 Å². The second-order valence-electron chi connectivity index (χ2n) is 3.49. The van der Waals surface area contributed by atoms with Crippen LogP contribution in [0.3, 0.4) is 0 Å². The van der Waals surface area contributed by atoms with Crippen LogP contribution in [0.2, 0.25) is 0 Å². The number of nitrogens with two attached hydrogens (primary N) is 1. The summed E-state index contributed by atoms with van der Waals surface area (Å²) >= 11 is 3.24. The van der Waals surface area contributed by atoms with E-state index >= 15 is 0 Å². The maximum Gasteiger partial charge on any atom is 0.270 e. The highest BCUT2D eigenvalue weighted by atomic mass is 79.9. The first-order valence-electron chi connectivity index (χ1n) is 4.84. The van der Waals surface area contributed by atoms with Gasteiger partial charge in [-0.25, -0.2) is 4.68 Å². The summed E-state index contributed by atoms with van der Waals surface area (Å²) in [5.74, 6) is -0.531. The summed E-state index contributed by atoms with van der Waals surface area (Å²) in [6.07, 6.45) is 4.79. The first-order valence-corrected chi connectivity index (χ1v) is 5.64. The Morgan fingerprint density at radius 3 is 3.00 bits per heavy atom. The number of amides is 1. The first kappa shape index (κ1) is 10.6. The highest BCUT2D eigenvalue weighted by Crippen LogP contribution is 2.24. The van der Waals surface area contributed by atoms with Gasteiger partial charge < -0.3 is 10.5 Å². The predicted octanol–water partition coefficient (Wildman–Crippen LogP) is 1.44. The van der Waals surface area contributed by atoms with Gasteiger partial charge in [-0.3, -0.25) is 4.79 Å². The smallest absolute Gasteiger partial charge is 0.270 e. The zero-order valence-electron chi connectivity index (χ0n) is 8.15. The Bertz CT molecular complexity index is 371. The van der Waals surface area contributed by atoms with Crippen molar-refractivity contribution in [2.75, 3.05) is 6.61 Å². The highest BCUT2D eigenvalue weighted by Gasteiger charge is 2.20. The average molecular weight is 274 g/mol. The van der Waals surface area contributed by atoms with Crippen molar-refractivity contribution in [3.05, 3.63) is 16.4 Å². The molecule has 1 amide bonds. The lowest BCUT2D eigenvalue weighted by atomic mass is 10.2. The molecule has 2 heterocycles. The summed E-state index contributed by atoms with van der Waals surface area (Å²) in [4.78, 5) is 11.0. The Morgan fingerprint density at radius 1 is 1.67 bits per heavy atom. The van der Waals surface area contributed by atoms with Crippen molar-refractivity contribution < 1.29 is 9.53 Å². The van der Waals surface area contributed by atoms with Gasteiger partial charge in [0.15, 0.2) is 5.69 Å². The lowest BCUT2D eigenvalue weighted by Crippen LogP contribution is -2.20. The second-order valence-corrected chi connectivity index (χ2v) is 4.35. The third-order valence-electron chi connectivity index (χ3n) is 2.37. The Labute approximate surface area is 95.7 Å². The molecule has 0 aliphatic carbocycles. The van der Waals surface area contributed by atoms with E-state index in [1.54, 1.807) is 10.9 Å². The van der Waals surface area contributed by atoms with Gasteiger partial charge in [-0.1, -0.05) is 0 Å². The Balaban J connectivity index is 2.21. The minimum atomic E-state index is -0.531. The van der Waals surface area contributed by atoms with Crippen LogP contribution < -0.4 is 5.73 Å². The number of halogens is 1. The molecule has 5 nitrogen and oxygen atoms in total. The molecule has 0 saturated carbocycles. The van der Waals surface area contributed by atoms with Gasteiger partial charge >= 0.3 is 0 Å². The number of carbonyl (C=O) groups excluding carboxylic acids is 1. The number of primary amides is 1. The minimum Gasteiger partial charge on any atom is -0.364 e. The molecular weight excluding hydrogens is 262 g/mol. The van der Waals surface area contributed by atoms with E-state index in [2.05, 4.69) is 21.0 Å². The van der Waals surface area contributed by atoms with Crippen molar-refractivity contribution >= 4 is 21.8 Å². The highest BCUT2D eigenvalue weighted by molar-refractivity contribution is 9.10. The van der Waals surface area contributed by atoms with Gasteiger partial charge in [0.25, 0.3) is 5.91 Å². The number of rotatable bonds is 2. The fourth-order valence-electron chi connectivity index (χ4n) is 1.62. The van der Waals surface area contributed by atoms with E-state index in [0.29, 0.717) is 4.47 Å². The first-order chi connectivity index (χ1) is 7.18. The van der Waals surface area contributed by atoms with Crippen molar-refractivity contribution in [1.29, 1.82) is 0 Å². The van der Waals surface area contributed by atoms with Crippen LogP contribution >= 0.6 is 15.9 Å². The molecule has 1 saturated heterocycles. The normalized spacial score (nSPS) is 21.5. The fourth-order valence-corrected chi connectivity index (χ4v) is 2.10. The second kappa shape index (κ2) is 4.32. The number of hydrogen-bond acceptors (Lipinski definition) is 3. The molecule has 2 rings (SSSR count). The number of aromatic nitrogens is 2. The summed E-state index contributed by atoms with van der Waals surface area (Å²) in [6.45, 7) is 0.744. The summed E-state index contributed by atoms with van der Waals surface area (Å²) in [7, 11) is 0. The van der Waals surface area contributed by atoms with E-state index in [0.717, 1.165) is 25.9 Å². The topological polar surface area (TPSA) is 70.1 Å². The van der Waals surface area contributed by atoms with E-state index in [-0.39, 0.29) is 11.9 Å². The largest absolute Gasteiger partial charge is 0.364 e. The van der Waals surface area contributed by atoms with Gasteiger partial charge in [-0.2, -0.15) is 5.10 Å². The molecule has 1 aromatic heterocycles. The third kappa shape index (κ3) is 2.21. The molecule has 82 valence electrons. The Hall–Kier alpha value is -0.880. The van der Waals surface area contributed by atoms with E-state index in [1.165, 1.54) is 0 Å². The van der Waals surface area contributed by atoms with Gasteiger partial charge in [0, 0.05) is 12.8 Å². The van der Waals surface area contributed by atoms with Gasteiger partial charge in [0.1, 0.15) is 6.23 Å². The molecule has 1 aromatic rings. The van der Waals surface area contributed by atoms with Gasteiger partial charge in [-0.05, 0) is 35.2 Å². The molecule has 0 radical (unpaired) electrons. The molecule has 15 heavy (non-hydrogen) atoms. The lowest BCUT2D eigenvalue weighted by molar-refractivity contribution is -0.0396. The monoisotopic (exact) mass is 273 g/mol. The van der Waals surface area contributed by atoms with E-state index in [4.69, 9.17) is 10.5 Å². The van der Waals surface area contributed by atoms with Crippen LogP contribution in [-0.2, 0) is 4.74 Å². The molecule has 1 atom stereocenters. The molecule has 0 aromatic carbocycles. The van der Waals surface area contributed by atoms with Crippen LogP contribution in [0.15, 0.2) is 10.7 Å². The molecule has 6 heteroatoms.